The lowest BCUT2D eigenvalue weighted by molar-refractivity contribution is 0.0389. The molecule has 0 amide bonds. The van der Waals surface area contributed by atoms with Gasteiger partial charge >= 0.3 is 0 Å². The molecule has 5 nitrogen and oxygen atoms in total. The number of hydrogen-bond acceptors (Lipinski definition) is 3. The summed E-state index contributed by atoms with van der Waals surface area (Å²) < 4.78 is 5.40. The van der Waals surface area contributed by atoms with E-state index in [1.807, 2.05) is 0 Å². The molecule has 0 spiro atoms. The molecule has 1 aromatic rings. The molecule has 2 N–H and O–H groups in total. The Morgan fingerprint density at radius 2 is 1.92 bits per heavy atom. The average Bonchev–Trinajstić information content (AvgIpc) is 2.61. The van der Waals surface area contributed by atoms with Gasteiger partial charge in [0.15, 0.2) is 5.96 Å². The molecule has 1 aromatic carbocycles. The van der Waals surface area contributed by atoms with E-state index in [1.165, 1.54) is 11.1 Å². The average molecular weight is 347 g/mol. The first-order chi connectivity index (χ1) is 12.0. The Morgan fingerprint density at radius 1 is 1.20 bits per heavy atom. The van der Waals surface area contributed by atoms with E-state index in [1.54, 1.807) is 0 Å². The van der Waals surface area contributed by atoms with Gasteiger partial charge < -0.3 is 15.4 Å². The van der Waals surface area contributed by atoms with Crippen LogP contribution in [0.3, 0.4) is 0 Å². The number of morpholine rings is 1. The van der Waals surface area contributed by atoms with Crippen LogP contribution in [-0.2, 0) is 10.2 Å². The van der Waals surface area contributed by atoms with Gasteiger partial charge in [-0.3, -0.25) is 9.89 Å². The van der Waals surface area contributed by atoms with Crippen LogP contribution in [0.4, 0.5) is 0 Å². The van der Waals surface area contributed by atoms with E-state index in [2.05, 4.69) is 67.5 Å². The summed E-state index contributed by atoms with van der Waals surface area (Å²) in [6.45, 7) is 16.1. The smallest absolute Gasteiger partial charge is 0.191 e. The summed E-state index contributed by atoms with van der Waals surface area (Å²) in [5, 5.41) is 6.82. The molecule has 1 aliphatic rings. The molecule has 1 fully saturated rings. The fraction of sp³-hybridized carbons (Fsp3) is 0.650. The fourth-order valence-electron chi connectivity index (χ4n) is 3.19. The van der Waals surface area contributed by atoms with Gasteiger partial charge in [0.2, 0.25) is 0 Å². The second-order valence-corrected chi connectivity index (χ2v) is 7.27. The van der Waals surface area contributed by atoms with Crippen molar-refractivity contribution in [3.05, 3.63) is 35.4 Å². The molecule has 2 rings (SSSR count). The summed E-state index contributed by atoms with van der Waals surface area (Å²) in [4.78, 5) is 7.26. The molecule has 5 heteroatoms. The first kappa shape index (κ1) is 19.7. The van der Waals surface area contributed by atoms with Crippen LogP contribution in [0.1, 0.15) is 31.9 Å². The van der Waals surface area contributed by atoms with E-state index in [4.69, 9.17) is 9.73 Å². The molecule has 1 saturated heterocycles. The Hall–Kier alpha value is -1.59. The normalized spacial score (nSPS) is 16.7. The lowest BCUT2D eigenvalue weighted by Gasteiger charge is -2.27. The van der Waals surface area contributed by atoms with Crippen molar-refractivity contribution in [1.29, 1.82) is 0 Å². The largest absolute Gasteiger partial charge is 0.379 e. The minimum atomic E-state index is 0.0118. The number of aliphatic imine (C=N–C) groups is 1. The zero-order valence-corrected chi connectivity index (χ0v) is 16.3. The van der Waals surface area contributed by atoms with E-state index in [0.29, 0.717) is 0 Å². The highest BCUT2D eigenvalue weighted by molar-refractivity contribution is 5.79. The number of nitrogens with zero attached hydrogens (tertiary/aromatic N) is 2. The van der Waals surface area contributed by atoms with Crippen molar-refractivity contribution in [2.45, 2.75) is 33.1 Å². The quantitative estimate of drug-likeness (QED) is 0.587. The Morgan fingerprint density at radius 3 is 2.60 bits per heavy atom. The summed E-state index contributed by atoms with van der Waals surface area (Å²) in [5.74, 6) is 0.900. The van der Waals surface area contributed by atoms with E-state index in [0.717, 1.165) is 58.4 Å². The zero-order valence-electron chi connectivity index (χ0n) is 16.3. The second-order valence-electron chi connectivity index (χ2n) is 7.27. The third-order valence-electron chi connectivity index (χ3n) is 4.68. The number of nitrogens with one attached hydrogen (secondary N) is 2. The molecule has 25 heavy (non-hydrogen) atoms. The highest BCUT2D eigenvalue weighted by Crippen LogP contribution is 2.26. The molecule has 0 radical (unpaired) electrons. The Kier molecular flexibility index (Phi) is 7.72. The standard InChI is InChI=1S/C20H34N4O/c1-5-21-19(22-10-11-24-12-14-25-15-13-24)23-16-20(3,4)18-9-7-6-8-17(18)2/h6-9H,5,10-16H2,1-4H3,(H2,21,22,23). The van der Waals surface area contributed by atoms with Crippen LogP contribution < -0.4 is 10.6 Å². The van der Waals surface area contributed by atoms with E-state index >= 15 is 0 Å². The van der Waals surface area contributed by atoms with Crippen molar-refractivity contribution >= 4 is 5.96 Å². The number of rotatable bonds is 7. The van der Waals surface area contributed by atoms with Gasteiger partial charge in [-0.25, -0.2) is 0 Å². The van der Waals surface area contributed by atoms with Crippen LogP contribution in [0.2, 0.25) is 0 Å². The van der Waals surface area contributed by atoms with Gasteiger partial charge in [0.05, 0.1) is 19.8 Å². The molecule has 0 aromatic heterocycles. The van der Waals surface area contributed by atoms with Crippen molar-refractivity contribution in [1.82, 2.24) is 15.5 Å². The molecule has 0 unspecified atom stereocenters. The van der Waals surface area contributed by atoms with E-state index in [9.17, 15) is 0 Å². The third kappa shape index (κ3) is 6.33. The zero-order chi connectivity index (χ0) is 18.1. The van der Waals surface area contributed by atoms with Gasteiger partial charge in [-0.05, 0) is 25.0 Å². The Labute approximate surface area is 152 Å². The van der Waals surface area contributed by atoms with Crippen LogP contribution >= 0.6 is 0 Å². The van der Waals surface area contributed by atoms with Crippen molar-refractivity contribution in [2.75, 3.05) is 52.5 Å². The van der Waals surface area contributed by atoms with Crippen LogP contribution in [0.15, 0.2) is 29.3 Å². The Bertz CT molecular complexity index is 550. The first-order valence-electron chi connectivity index (χ1n) is 9.41. The van der Waals surface area contributed by atoms with Gasteiger partial charge in [-0.15, -0.1) is 0 Å². The van der Waals surface area contributed by atoms with Gasteiger partial charge in [-0.2, -0.15) is 0 Å². The van der Waals surface area contributed by atoms with Gasteiger partial charge in [0, 0.05) is 38.1 Å². The number of hydrogen-bond donors (Lipinski definition) is 2. The molecule has 0 atom stereocenters. The maximum Gasteiger partial charge on any atom is 0.191 e. The molecule has 1 heterocycles. The summed E-state index contributed by atoms with van der Waals surface area (Å²) in [6, 6.07) is 8.59. The molecular formula is C20H34N4O. The lowest BCUT2D eigenvalue weighted by atomic mass is 9.82. The predicted octanol–water partition coefficient (Wildman–Crippen LogP) is 2.16. The minimum Gasteiger partial charge on any atom is -0.379 e. The second kappa shape index (κ2) is 9.78. The van der Waals surface area contributed by atoms with Crippen molar-refractivity contribution in [2.24, 2.45) is 4.99 Å². The van der Waals surface area contributed by atoms with Gasteiger partial charge in [0.25, 0.3) is 0 Å². The van der Waals surface area contributed by atoms with Crippen molar-refractivity contribution in [3.63, 3.8) is 0 Å². The Balaban J connectivity index is 1.90. The number of benzene rings is 1. The minimum absolute atomic E-state index is 0.0118. The predicted molar refractivity (Wildman–Crippen MR) is 105 cm³/mol. The van der Waals surface area contributed by atoms with Crippen molar-refractivity contribution < 1.29 is 4.74 Å². The SMILES string of the molecule is CCNC(=NCC(C)(C)c1ccccc1C)NCCN1CCOCC1. The summed E-state index contributed by atoms with van der Waals surface area (Å²) >= 11 is 0. The molecule has 1 aliphatic heterocycles. The monoisotopic (exact) mass is 346 g/mol. The van der Waals surface area contributed by atoms with Gasteiger partial charge in [-0.1, -0.05) is 38.1 Å². The maximum atomic E-state index is 5.40. The molecule has 140 valence electrons. The fourth-order valence-corrected chi connectivity index (χ4v) is 3.19. The maximum absolute atomic E-state index is 5.40. The molecular weight excluding hydrogens is 312 g/mol. The highest BCUT2D eigenvalue weighted by atomic mass is 16.5. The molecule has 0 bridgehead atoms. The summed E-state index contributed by atoms with van der Waals surface area (Å²) in [6.07, 6.45) is 0. The number of aryl methyl sites for hydroxylation is 1. The van der Waals surface area contributed by atoms with Crippen LogP contribution in [0.5, 0.6) is 0 Å². The lowest BCUT2D eigenvalue weighted by Crippen LogP contribution is -2.44. The molecule has 0 saturated carbocycles. The summed E-state index contributed by atoms with van der Waals surface area (Å²) in [5.41, 5.74) is 2.70. The summed E-state index contributed by atoms with van der Waals surface area (Å²) in [7, 11) is 0. The van der Waals surface area contributed by atoms with Crippen LogP contribution in [0.25, 0.3) is 0 Å². The number of guanidine groups is 1. The topological polar surface area (TPSA) is 48.9 Å². The van der Waals surface area contributed by atoms with Gasteiger partial charge in [0.1, 0.15) is 0 Å². The van der Waals surface area contributed by atoms with E-state index in [-0.39, 0.29) is 5.41 Å². The van der Waals surface area contributed by atoms with Crippen LogP contribution in [0, 0.1) is 6.92 Å². The first-order valence-corrected chi connectivity index (χ1v) is 9.41. The van der Waals surface area contributed by atoms with Crippen LogP contribution in [-0.4, -0.2) is 63.3 Å². The van der Waals surface area contributed by atoms with Crippen molar-refractivity contribution in [3.8, 4) is 0 Å². The highest BCUT2D eigenvalue weighted by Gasteiger charge is 2.22. The van der Waals surface area contributed by atoms with E-state index < -0.39 is 0 Å². The molecule has 0 aliphatic carbocycles. The third-order valence-corrected chi connectivity index (χ3v) is 4.68. The number of ether oxygens (including phenoxy) is 1.